The van der Waals surface area contributed by atoms with E-state index in [9.17, 15) is 4.79 Å². The van der Waals surface area contributed by atoms with Gasteiger partial charge in [-0.2, -0.15) is 11.8 Å². The number of carbonyl (C=O) groups excluding carboxylic acids is 1. The zero-order chi connectivity index (χ0) is 10.1. The van der Waals surface area contributed by atoms with E-state index >= 15 is 0 Å². The summed E-state index contributed by atoms with van der Waals surface area (Å²) in [6, 6.07) is 0.881. The van der Waals surface area contributed by atoms with Crippen LogP contribution in [0, 0.1) is 0 Å². The molecule has 0 aromatic carbocycles. The van der Waals surface area contributed by atoms with E-state index in [-0.39, 0.29) is 0 Å². The maximum absolute atomic E-state index is 11.8. The number of halogens is 1. The monoisotopic (exact) mass is 233 g/mol. The number of amides is 1. The smallest absolute Gasteiger partial charge is 0.233 e. The first-order valence-corrected chi connectivity index (χ1v) is 6.99. The van der Waals surface area contributed by atoms with Crippen molar-refractivity contribution in [2.75, 3.05) is 12.0 Å². The first-order valence-electron chi connectivity index (χ1n) is 5.16. The van der Waals surface area contributed by atoms with E-state index in [1.807, 2.05) is 6.26 Å². The molecule has 2 unspecified atom stereocenters. The fraction of sp³-hybridized carbons (Fsp3) is 0.900. The molecule has 14 heavy (non-hydrogen) atoms. The number of hydrogen-bond donors (Lipinski definition) is 0. The van der Waals surface area contributed by atoms with Crippen molar-refractivity contribution in [3.05, 3.63) is 0 Å². The lowest BCUT2D eigenvalue weighted by molar-refractivity contribution is -0.132. The summed E-state index contributed by atoms with van der Waals surface area (Å²) in [5, 5.41) is 0.297. The average Bonchev–Trinajstić information content (AvgIpc) is 2.39. The van der Waals surface area contributed by atoms with Crippen LogP contribution in [-0.4, -0.2) is 40.3 Å². The minimum Gasteiger partial charge on any atom is -0.336 e. The van der Waals surface area contributed by atoms with Crippen molar-refractivity contribution in [2.24, 2.45) is 0 Å². The number of thioether (sulfide) groups is 1. The van der Waals surface area contributed by atoms with E-state index < -0.39 is 0 Å². The third-order valence-corrected chi connectivity index (χ3v) is 4.12. The fourth-order valence-corrected chi connectivity index (χ4v) is 3.52. The number of piperidine rings is 1. The van der Waals surface area contributed by atoms with Crippen LogP contribution in [-0.2, 0) is 4.79 Å². The lowest BCUT2D eigenvalue weighted by atomic mass is 10.0. The highest BCUT2D eigenvalue weighted by Gasteiger charge is 2.42. The molecular weight excluding hydrogens is 218 g/mol. The minimum absolute atomic E-state index is 0.297. The molecule has 2 aliphatic heterocycles. The quantitative estimate of drug-likeness (QED) is 0.681. The molecule has 2 nitrogen and oxygen atoms in total. The van der Waals surface area contributed by atoms with Crippen LogP contribution in [0.2, 0.25) is 0 Å². The van der Waals surface area contributed by atoms with Crippen LogP contribution in [0.1, 0.15) is 25.7 Å². The van der Waals surface area contributed by atoms with Gasteiger partial charge >= 0.3 is 0 Å². The van der Waals surface area contributed by atoms with Gasteiger partial charge in [0.25, 0.3) is 0 Å². The molecule has 80 valence electrons. The maximum Gasteiger partial charge on any atom is 0.233 e. The summed E-state index contributed by atoms with van der Waals surface area (Å²) in [6.07, 6.45) is 6.30. The van der Waals surface area contributed by atoms with E-state index in [1.165, 1.54) is 0 Å². The second kappa shape index (κ2) is 4.31. The van der Waals surface area contributed by atoms with E-state index in [4.69, 9.17) is 11.6 Å². The van der Waals surface area contributed by atoms with Crippen LogP contribution in [0.25, 0.3) is 0 Å². The molecule has 2 atom stereocenters. The number of hydrogen-bond acceptors (Lipinski definition) is 2. The molecule has 2 aliphatic rings. The Hall–Kier alpha value is 0.110. The van der Waals surface area contributed by atoms with Gasteiger partial charge in [-0.1, -0.05) is 0 Å². The van der Waals surface area contributed by atoms with Crippen LogP contribution in [0.3, 0.4) is 0 Å². The number of rotatable bonds is 2. The molecule has 0 radical (unpaired) electrons. The van der Waals surface area contributed by atoms with Crippen LogP contribution in [0.4, 0.5) is 0 Å². The van der Waals surface area contributed by atoms with Crippen LogP contribution in [0.15, 0.2) is 0 Å². The van der Waals surface area contributed by atoms with E-state index in [0.717, 1.165) is 25.7 Å². The maximum atomic E-state index is 11.8. The predicted molar refractivity (Wildman–Crippen MR) is 60.9 cm³/mol. The van der Waals surface area contributed by atoms with Gasteiger partial charge in [0.05, 0.1) is 5.75 Å². The lowest BCUT2D eigenvalue weighted by Crippen LogP contribution is -2.47. The number of alkyl halides is 1. The predicted octanol–water partition coefficient (Wildman–Crippen LogP) is 2.11. The lowest BCUT2D eigenvalue weighted by Gasteiger charge is -2.37. The normalized spacial score (nSPS) is 36.1. The summed E-state index contributed by atoms with van der Waals surface area (Å²) in [6.45, 7) is 0. The molecule has 0 aliphatic carbocycles. The second-order valence-electron chi connectivity index (χ2n) is 4.19. The van der Waals surface area contributed by atoms with Gasteiger partial charge in [-0.15, -0.1) is 11.6 Å². The Bertz CT molecular complexity index is 222. The molecule has 0 spiro atoms. The van der Waals surface area contributed by atoms with Gasteiger partial charge in [0.2, 0.25) is 5.91 Å². The number of nitrogens with zero attached hydrogens (tertiary/aromatic N) is 1. The zero-order valence-corrected chi connectivity index (χ0v) is 9.98. The van der Waals surface area contributed by atoms with Crippen LogP contribution >= 0.6 is 23.4 Å². The zero-order valence-electron chi connectivity index (χ0n) is 8.41. The highest BCUT2D eigenvalue weighted by Crippen LogP contribution is 2.37. The Morgan fingerprint density at radius 1 is 1.43 bits per heavy atom. The first-order chi connectivity index (χ1) is 6.72. The molecule has 2 rings (SSSR count). The molecule has 2 bridgehead atoms. The number of carbonyl (C=O) groups is 1. The summed E-state index contributed by atoms with van der Waals surface area (Å²) >= 11 is 7.76. The fourth-order valence-electron chi connectivity index (χ4n) is 2.72. The molecular formula is C10H16ClNOS. The van der Waals surface area contributed by atoms with Gasteiger partial charge in [-0.05, 0) is 31.9 Å². The van der Waals surface area contributed by atoms with Crippen molar-refractivity contribution < 1.29 is 4.79 Å². The molecule has 1 amide bonds. The Kier molecular flexibility index (Phi) is 3.27. The van der Waals surface area contributed by atoms with Crippen LogP contribution in [0.5, 0.6) is 0 Å². The van der Waals surface area contributed by atoms with Crippen LogP contribution < -0.4 is 0 Å². The van der Waals surface area contributed by atoms with Crippen molar-refractivity contribution in [3.63, 3.8) is 0 Å². The Balaban J connectivity index is 2.03. The van der Waals surface area contributed by atoms with Crippen molar-refractivity contribution in [2.45, 2.75) is 43.1 Å². The largest absolute Gasteiger partial charge is 0.336 e. The van der Waals surface area contributed by atoms with Gasteiger partial charge in [0.15, 0.2) is 0 Å². The van der Waals surface area contributed by atoms with E-state index in [2.05, 4.69) is 4.90 Å². The average molecular weight is 234 g/mol. The Morgan fingerprint density at radius 3 is 2.50 bits per heavy atom. The van der Waals surface area contributed by atoms with E-state index in [0.29, 0.717) is 29.1 Å². The van der Waals surface area contributed by atoms with Crippen molar-refractivity contribution in [3.8, 4) is 0 Å². The molecule has 2 saturated heterocycles. The summed E-state index contributed by atoms with van der Waals surface area (Å²) in [5.74, 6) is 0.938. The Morgan fingerprint density at radius 2 is 2.00 bits per heavy atom. The van der Waals surface area contributed by atoms with Gasteiger partial charge in [-0.25, -0.2) is 0 Å². The third-order valence-electron chi connectivity index (χ3n) is 3.23. The summed E-state index contributed by atoms with van der Waals surface area (Å²) in [4.78, 5) is 13.9. The highest BCUT2D eigenvalue weighted by atomic mass is 35.5. The van der Waals surface area contributed by atoms with Gasteiger partial charge in [0, 0.05) is 17.5 Å². The summed E-state index contributed by atoms with van der Waals surface area (Å²) < 4.78 is 0. The van der Waals surface area contributed by atoms with E-state index in [1.54, 1.807) is 11.8 Å². The molecule has 0 aromatic heterocycles. The standard InChI is InChI=1S/C10H16ClNOS/c1-14-6-10(13)12-8-2-3-9(12)5-7(11)4-8/h7-9H,2-6H2,1H3. The molecule has 2 fully saturated rings. The SMILES string of the molecule is CSCC(=O)N1C2CCC1CC(Cl)C2. The van der Waals surface area contributed by atoms with Gasteiger partial charge in [-0.3, -0.25) is 4.79 Å². The molecule has 4 heteroatoms. The molecule has 0 N–H and O–H groups in total. The topological polar surface area (TPSA) is 20.3 Å². The van der Waals surface area contributed by atoms with Gasteiger partial charge in [0.1, 0.15) is 0 Å². The minimum atomic E-state index is 0.297. The first kappa shape index (κ1) is 10.6. The second-order valence-corrected chi connectivity index (χ2v) is 5.67. The highest BCUT2D eigenvalue weighted by molar-refractivity contribution is 7.99. The molecule has 0 saturated carbocycles. The van der Waals surface area contributed by atoms with Crippen molar-refractivity contribution >= 4 is 29.3 Å². The summed E-state index contributed by atoms with van der Waals surface area (Å²) in [7, 11) is 0. The molecule has 2 heterocycles. The molecule has 0 aromatic rings. The third kappa shape index (κ3) is 1.89. The van der Waals surface area contributed by atoms with Crippen molar-refractivity contribution in [1.29, 1.82) is 0 Å². The van der Waals surface area contributed by atoms with Gasteiger partial charge < -0.3 is 4.90 Å². The summed E-state index contributed by atoms with van der Waals surface area (Å²) in [5.41, 5.74) is 0. The number of fused-ring (bicyclic) bond motifs is 2. The Labute approximate surface area is 94.4 Å². The van der Waals surface area contributed by atoms with Crippen molar-refractivity contribution in [1.82, 2.24) is 4.90 Å².